The van der Waals surface area contributed by atoms with Gasteiger partial charge in [-0.2, -0.15) is 0 Å². The Kier molecular flexibility index (Phi) is 1.17. The number of hydrogen-bond acceptors (Lipinski definition) is 2. The van der Waals surface area contributed by atoms with Crippen LogP contribution in [0.2, 0.25) is 0 Å². The summed E-state index contributed by atoms with van der Waals surface area (Å²) < 4.78 is 0. The summed E-state index contributed by atoms with van der Waals surface area (Å²) in [5.74, 6) is 0.745. The van der Waals surface area contributed by atoms with Crippen LogP contribution in [-0.4, -0.2) is 15.3 Å². The number of aromatic nitrogens is 2. The largest absolute Gasteiger partial charge is 0.344 e. The second-order valence-electron chi connectivity index (χ2n) is 1.09. The third kappa shape index (κ3) is 0.838. The zero-order valence-corrected chi connectivity index (χ0v) is 4.40. The summed E-state index contributed by atoms with van der Waals surface area (Å²) >= 11 is 4.55. The van der Waals surface area contributed by atoms with E-state index < -0.39 is 0 Å². The molecule has 0 aliphatic rings. The molecule has 3 heteroatoms. The summed E-state index contributed by atoms with van der Waals surface area (Å²) in [7, 11) is 0. The quantitative estimate of drug-likeness (QED) is 0.543. The molecule has 1 rings (SSSR count). The molecule has 1 heterocycles. The maximum Gasteiger partial charge on any atom is 0.140 e. The van der Waals surface area contributed by atoms with Crippen LogP contribution in [0.15, 0.2) is 12.4 Å². The van der Waals surface area contributed by atoms with Crippen molar-refractivity contribution >= 4 is 17.6 Å². The van der Waals surface area contributed by atoms with Gasteiger partial charge in [-0.1, -0.05) is 12.2 Å². The highest BCUT2D eigenvalue weighted by molar-refractivity contribution is 7.79. The molecule has 0 aromatic carbocycles. The average molecular weight is 112 g/mol. The first-order valence-electron chi connectivity index (χ1n) is 1.88. The topological polar surface area (TPSA) is 28.7 Å². The molecule has 7 heavy (non-hydrogen) atoms. The fourth-order valence-electron chi connectivity index (χ4n) is 0.342. The molecule has 1 aromatic rings. The predicted octanol–water partition coefficient (Wildman–Crippen LogP) is 0.757. The van der Waals surface area contributed by atoms with Crippen LogP contribution in [0.1, 0.15) is 5.82 Å². The van der Waals surface area contributed by atoms with Gasteiger partial charge in [0.25, 0.3) is 0 Å². The van der Waals surface area contributed by atoms with Crippen molar-refractivity contribution in [2.45, 2.75) is 0 Å². The monoisotopic (exact) mass is 112 g/mol. The van der Waals surface area contributed by atoms with Crippen molar-refractivity contribution in [2.75, 3.05) is 0 Å². The molecule has 1 N–H and O–H groups in total. The van der Waals surface area contributed by atoms with Crippen molar-refractivity contribution in [3.05, 3.63) is 18.2 Å². The van der Waals surface area contributed by atoms with Crippen LogP contribution in [0.5, 0.6) is 0 Å². The van der Waals surface area contributed by atoms with Crippen molar-refractivity contribution in [3.63, 3.8) is 0 Å². The summed E-state index contributed by atoms with van der Waals surface area (Å²) in [5.41, 5.74) is 0. The molecule has 0 fully saturated rings. The van der Waals surface area contributed by atoms with Crippen molar-refractivity contribution in [2.24, 2.45) is 0 Å². The van der Waals surface area contributed by atoms with E-state index in [1.54, 1.807) is 12.4 Å². The first-order chi connectivity index (χ1) is 3.43. The normalized spacial score (nSPS) is 8.57. The van der Waals surface area contributed by atoms with Crippen molar-refractivity contribution in [1.29, 1.82) is 0 Å². The molecule has 0 unspecified atom stereocenters. The van der Waals surface area contributed by atoms with E-state index in [-0.39, 0.29) is 0 Å². The molecule has 0 spiro atoms. The molecule has 0 amide bonds. The highest BCUT2D eigenvalue weighted by Gasteiger charge is 1.79. The van der Waals surface area contributed by atoms with Gasteiger partial charge < -0.3 is 4.98 Å². The number of aromatic amines is 1. The van der Waals surface area contributed by atoms with Gasteiger partial charge in [0.2, 0.25) is 0 Å². The van der Waals surface area contributed by atoms with Gasteiger partial charge in [-0.25, -0.2) is 4.98 Å². The Hall–Kier alpha value is -0.700. The number of thiocarbonyl (C=S) groups is 1. The SMILES string of the molecule is S=Cc1ncc[nH]1. The van der Waals surface area contributed by atoms with Gasteiger partial charge in [0.05, 0.1) is 0 Å². The number of rotatable bonds is 1. The number of nitrogens with one attached hydrogen (secondary N) is 1. The lowest BCUT2D eigenvalue weighted by molar-refractivity contribution is 1.29. The highest BCUT2D eigenvalue weighted by Crippen LogP contribution is 1.79. The van der Waals surface area contributed by atoms with E-state index in [9.17, 15) is 0 Å². The zero-order valence-electron chi connectivity index (χ0n) is 3.59. The molecule has 0 aliphatic carbocycles. The second-order valence-corrected chi connectivity index (χ2v) is 1.33. The van der Waals surface area contributed by atoms with Gasteiger partial charge in [-0.05, 0) is 0 Å². The zero-order chi connectivity index (χ0) is 5.11. The van der Waals surface area contributed by atoms with Crippen LogP contribution in [0.25, 0.3) is 0 Å². The summed E-state index contributed by atoms with van der Waals surface area (Å²) in [4.78, 5) is 6.64. The van der Waals surface area contributed by atoms with E-state index in [4.69, 9.17) is 0 Å². The van der Waals surface area contributed by atoms with Gasteiger partial charge in [-0.15, -0.1) is 0 Å². The highest BCUT2D eigenvalue weighted by atomic mass is 32.1. The Balaban J connectivity index is 2.96. The average Bonchev–Trinajstić information content (AvgIpc) is 2.14. The molecular formula is C4H4N2S. The van der Waals surface area contributed by atoms with Crippen molar-refractivity contribution in [1.82, 2.24) is 9.97 Å². The number of nitrogens with zero attached hydrogens (tertiary/aromatic N) is 1. The Morgan fingerprint density at radius 1 is 1.86 bits per heavy atom. The minimum absolute atomic E-state index is 0.745. The molecule has 0 bridgehead atoms. The van der Waals surface area contributed by atoms with E-state index in [0.29, 0.717) is 0 Å². The number of H-pyrrole nitrogens is 1. The third-order valence-electron chi connectivity index (χ3n) is 0.631. The van der Waals surface area contributed by atoms with Crippen LogP contribution in [-0.2, 0) is 0 Å². The molecule has 0 radical (unpaired) electrons. The minimum atomic E-state index is 0.745. The van der Waals surface area contributed by atoms with Crippen LogP contribution >= 0.6 is 12.2 Å². The van der Waals surface area contributed by atoms with E-state index in [1.165, 1.54) is 5.37 Å². The summed E-state index contributed by atoms with van der Waals surface area (Å²) in [6, 6.07) is 0. The third-order valence-corrected chi connectivity index (χ3v) is 0.854. The summed E-state index contributed by atoms with van der Waals surface area (Å²) in [5, 5.41) is 1.50. The predicted molar refractivity (Wildman–Crippen MR) is 31.3 cm³/mol. The Labute approximate surface area is 46.6 Å². The first kappa shape index (κ1) is 4.46. The van der Waals surface area contributed by atoms with Gasteiger partial charge in [-0.3, -0.25) is 0 Å². The van der Waals surface area contributed by atoms with Gasteiger partial charge in [0.15, 0.2) is 0 Å². The molecular weight excluding hydrogens is 108 g/mol. The number of imidazole rings is 1. The lowest BCUT2D eigenvalue weighted by atomic mass is 10.7. The summed E-state index contributed by atoms with van der Waals surface area (Å²) in [6.07, 6.45) is 3.40. The standard InChI is InChI=1S/C4H4N2S/c7-3-4-5-1-2-6-4/h1-3H,(H,5,6). The van der Waals surface area contributed by atoms with Gasteiger partial charge in [0, 0.05) is 17.8 Å². The van der Waals surface area contributed by atoms with E-state index >= 15 is 0 Å². The molecule has 2 nitrogen and oxygen atoms in total. The molecule has 0 saturated carbocycles. The molecule has 0 saturated heterocycles. The molecule has 36 valence electrons. The van der Waals surface area contributed by atoms with Crippen LogP contribution in [0.4, 0.5) is 0 Å². The lowest BCUT2D eigenvalue weighted by Gasteiger charge is -1.71. The van der Waals surface area contributed by atoms with Crippen LogP contribution < -0.4 is 0 Å². The van der Waals surface area contributed by atoms with E-state index in [1.807, 2.05) is 0 Å². The van der Waals surface area contributed by atoms with E-state index in [0.717, 1.165) is 5.82 Å². The van der Waals surface area contributed by atoms with Crippen LogP contribution in [0.3, 0.4) is 0 Å². The molecule has 0 aliphatic heterocycles. The van der Waals surface area contributed by atoms with Crippen molar-refractivity contribution in [3.8, 4) is 0 Å². The van der Waals surface area contributed by atoms with E-state index in [2.05, 4.69) is 22.2 Å². The van der Waals surface area contributed by atoms with Gasteiger partial charge in [0.1, 0.15) is 5.82 Å². The lowest BCUT2D eigenvalue weighted by Crippen LogP contribution is -1.76. The molecule has 1 aromatic heterocycles. The minimum Gasteiger partial charge on any atom is -0.344 e. The Morgan fingerprint density at radius 3 is 3.00 bits per heavy atom. The second kappa shape index (κ2) is 1.84. The molecule has 0 atom stereocenters. The smallest absolute Gasteiger partial charge is 0.140 e. The Bertz CT molecular complexity index is 145. The Morgan fingerprint density at radius 2 is 2.71 bits per heavy atom. The maximum absolute atomic E-state index is 4.55. The fourth-order valence-corrected chi connectivity index (χ4v) is 0.471. The first-order valence-corrected chi connectivity index (χ1v) is 2.35. The van der Waals surface area contributed by atoms with Crippen molar-refractivity contribution < 1.29 is 0 Å². The van der Waals surface area contributed by atoms with Gasteiger partial charge >= 0.3 is 0 Å². The maximum atomic E-state index is 4.55. The fraction of sp³-hybridized carbons (Fsp3) is 0. The van der Waals surface area contributed by atoms with Crippen LogP contribution in [0, 0.1) is 0 Å². The summed E-state index contributed by atoms with van der Waals surface area (Å²) in [6.45, 7) is 0. The number of hydrogen-bond donors (Lipinski definition) is 1.